The van der Waals surface area contributed by atoms with Crippen LogP contribution in [-0.2, 0) is 0 Å². The molecule has 0 aromatic heterocycles. The zero-order valence-corrected chi connectivity index (χ0v) is 11.6. The van der Waals surface area contributed by atoms with Gasteiger partial charge in [0.05, 0.1) is 0 Å². The van der Waals surface area contributed by atoms with Gasteiger partial charge in [-0.2, -0.15) is 0 Å². The quantitative estimate of drug-likeness (QED) is 0.536. The van der Waals surface area contributed by atoms with E-state index in [1.807, 2.05) is 0 Å². The fraction of sp³-hybridized carbons (Fsp3) is 0.750. The summed E-state index contributed by atoms with van der Waals surface area (Å²) in [6.07, 6.45) is 13.0. The molecule has 0 heterocycles. The molecule has 0 nitrogen and oxygen atoms in total. The van der Waals surface area contributed by atoms with E-state index < -0.39 is 0 Å². The average molecular weight is 220 g/mol. The van der Waals surface area contributed by atoms with Gasteiger partial charge in [-0.15, -0.1) is 0 Å². The van der Waals surface area contributed by atoms with Gasteiger partial charge in [-0.25, -0.2) is 0 Å². The van der Waals surface area contributed by atoms with E-state index in [0.717, 1.165) is 11.8 Å². The van der Waals surface area contributed by atoms with E-state index in [2.05, 4.69) is 39.8 Å². The molecule has 0 aromatic rings. The third-order valence-corrected chi connectivity index (χ3v) is 3.90. The molecule has 0 heteroatoms. The first-order valence-corrected chi connectivity index (χ1v) is 6.88. The standard InChI is InChI=1S/C16H28/c1-13(2)7-5-8-14(3)11-12-16-10-6-9-15(16)4/h7,11,15-16H,5-6,8-10,12H2,1-4H3/b14-11+. The predicted molar refractivity (Wildman–Crippen MR) is 73.5 cm³/mol. The van der Waals surface area contributed by atoms with Gasteiger partial charge in [-0.05, 0) is 58.3 Å². The lowest BCUT2D eigenvalue weighted by molar-refractivity contribution is 0.423. The van der Waals surface area contributed by atoms with Crippen molar-refractivity contribution in [3.8, 4) is 0 Å². The van der Waals surface area contributed by atoms with Gasteiger partial charge < -0.3 is 0 Å². The van der Waals surface area contributed by atoms with E-state index in [0.29, 0.717) is 0 Å². The minimum absolute atomic E-state index is 0.960. The first-order chi connectivity index (χ1) is 7.59. The maximum absolute atomic E-state index is 2.49. The van der Waals surface area contributed by atoms with Crippen molar-refractivity contribution in [3.63, 3.8) is 0 Å². The SMILES string of the molecule is CC(C)=CCC/C(C)=C/CC1CCCC1C. The third-order valence-electron chi connectivity index (χ3n) is 3.90. The Morgan fingerprint density at radius 3 is 2.44 bits per heavy atom. The fourth-order valence-electron chi connectivity index (χ4n) is 2.62. The summed E-state index contributed by atoms with van der Waals surface area (Å²) in [4.78, 5) is 0. The van der Waals surface area contributed by atoms with Crippen LogP contribution < -0.4 is 0 Å². The second-order valence-electron chi connectivity index (χ2n) is 5.77. The molecule has 0 aliphatic heterocycles. The Kier molecular flexibility index (Phi) is 5.87. The summed E-state index contributed by atoms with van der Waals surface area (Å²) >= 11 is 0. The molecule has 0 aromatic carbocycles. The highest BCUT2D eigenvalue weighted by Crippen LogP contribution is 2.34. The van der Waals surface area contributed by atoms with Gasteiger partial charge in [-0.1, -0.05) is 43.1 Å². The first-order valence-electron chi connectivity index (χ1n) is 6.88. The van der Waals surface area contributed by atoms with E-state index >= 15 is 0 Å². The van der Waals surface area contributed by atoms with E-state index in [4.69, 9.17) is 0 Å². The number of hydrogen-bond acceptors (Lipinski definition) is 0. The molecule has 1 aliphatic rings. The normalized spacial score (nSPS) is 25.9. The molecule has 1 saturated carbocycles. The third kappa shape index (κ3) is 5.01. The van der Waals surface area contributed by atoms with Crippen LogP contribution in [0, 0.1) is 11.8 Å². The largest absolute Gasteiger partial charge is 0.0856 e. The number of allylic oxidation sites excluding steroid dienone is 4. The molecule has 0 N–H and O–H groups in total. The van der Waals surface area contributed by atoms with Gasteiger partial charge in [0, 0.05) is 0 Å². The Bertz CT molecular complexity index is 253. The van der Waals surface area contributed by atoms with Gasteiger partial charge in [0.15, 0.2) is 0 Å². The number of hydrogen-bond donors (Lipinski definition) is 0. The monoisotopic (exact) mass is 220 g/mol. The van der Waals surface area contributed by atoms with Crippen molar-refractivity contribution in [2.75, 3.05) is 0 Å². The molecule has 16 heavy (non-hydrogen) atoms. The highest BCUT2D eigenvalue weighted by atomic mass is 14.3. The second-order valence-corrected chi connectivity index (χ2v) is 5.77. The average Bonchev–Trinajstić information content (AvgIpc) is 2.60. The topological polar surface area (TPSA) is 0 Å². The Morgan fingerprint density at radius 1 is 1.12 bits per heavy atom. The predicted octanol–water partition coefficient (Wildman–Crippen LogP) is 5.51. The minimum atomic E-state index is 0.960. The summed E-state index contributed by atoms with van der Waals surface area (Å²) < 4.78 is 0. The van der Waals surface area contributed by atoms with Crippen LogP contribution in [0.15, 0.2) is 23.3 Å². The molecule has 1 rings (SSSR count). The highest BCUT2D eigenvalue weighted by Gasteiger charge is 2.21. The summed E-state index contributed by atoms with van der Waals surface area (Å²) in [5.74, 6) is 1.93. The summed E-state index contributed by atoms with van der Waals surface area (Å²) in [6, 6.07) is 0. The molecule has 0 radical (unpaired) electrons. The van der Waals surface area contributed by atoms with Crippen LogP contribution in [0.25, 0.3) is 0 Å². The Hall–Kier alpha value is -0.520. The van der Waals surface area contributed by atoms with Crippen molar-refractivity contribution in [2.24, 2.45) is 11.8 Å². The van der Waals surface area contributed by atoms with Crippen LogP contribution in [0.3, 0.4) is 0 Å². The van der Waals surface area contributed by atoms with E-state index in [9.17, 15) is 0 Å². The summed E-state index contributed by atoms with van der Waals surface area (Å²) in [6.45, 7) is 9.07. The molecule has 0 bridgehead atoms. The Morgan fingerprint density at radius 2 is 1.88 bits per heavy atom. The zero-order chi connectivity index (χ0) is 12.0. The smallest absolute Gasteiger partial charge is 0.0288 e. The fourth-order valence-corrected chi connectivity index (χ4v) is 2.62. The lowest BCUT2D eigenvalue weighted by atomic mass is 9.93. The van der Waals surface area contributed by atoms with Crippen molar-refractivity contribution in [3.05, 3.63) is 23.3 Å². The van der Waals surface area contributed by atoms with Crippen molar-refractivity contribution < 1.29 is 0 Å². The van der Waals surface area contributed by atoms with Gasteiger partial charge in [-0.3, -0.25) is 0 Å². The molecule has 1 fully saturated rings. The molecular weight excluding hydrogens is 192 g/mol. The van der Waals surface area contributed by atoms with Crippen LogP contribution >= 0.6 is 0 Å². The summed E-state index contributed by atoms with van der Waals surface area (Å²) in [5, 5.41) is 0. The lowest BCUT2D eigenvalue weighted by Crippen LogP contribution is -2.02. The molecule has 0 saturated heterocycles. The van der Waals surface area contributed by atoms with Crippen LogP contribution in [0.2, 0.25) is 0 Å². The molecule has 0 spiro atoms. The second kappa shape index (κ2) is 6.93. The van der Waals surface area contributed by atoms with E-state index in [1.165, 1.54) is 44.1 Å². The summed E-state index contributed by atoms with van der Waals surface area (Å²) in [7, 11) is 0. The van der Waals surface area contributed by atoms with Crippen molar-refractivity contribution >= 4 is 0 Å². The van der Waals surface area contributed by atoms with Crippen molar-refractivity contribution in [1.82, 2.24) is 0 Å². The minimum Gasteiger partial charge on any atom is -0.0856 e. The van der Waals surface area contributed by atoms with Gasteiger partial charge in [0.25, 0.3) is 0 Å². The van der Waals surface area contributed by atoms with Gasteiger partial charge in [0.1, 0.15) is 0 Å². The van der Waals surface area contributed by atoms with E-state index in [1.54, 1.807) is 5.57 Å². The van der Waals surface area contributed by atoms with Crippen molar-refractivity contribution in [2.45, 2.75) is 66.2 Å². The van der Waals surface area contributed by atoms with Crippen LogP contribution in [0.5, 0.6) is 0 Å². The van der Waals surface area contributed by atoms with Crippen molar-refractivity contribution in [1.29, 1.82) is 0 Å². The van der Waals surface area contributed by atoms with Crippen LogP contribution in [-0.4, -0.2) is 0 Å². The molecule has 2 unspecified atom stereocenters. The Balaban J connectivity index is 2.25. The highest BCUT2D eigenvalue weighted by molar-refractivity contribution is 5.03. The lowest BCUT2D eigenvalue weighted by Gasteiger charge is -2.12. The van der Waals surface area contributed by atoms with Gasteiger partial charge in [0.2, 0.25) is 0 Å². The van der Waals surface area contributed by atoms with E-state index in [-0.39, 0.29) is 0 Å². The first kappa shape index (κ1) is 13.5. The number of rotatable bonds is 5. The van der Waals surface area contributed by atoms with Crippen LogP contribution in [0.4, 0.5) is 0 Å². The maximum atomic E-state index is 2.49. The maximum Gasteiger partial charge on any atom is -0.0288 e. The Labute approximate surface area is 102 Å². The summed E-state index contributed by atoms with van der Waals surface area (Å²) in [5.41, 5.74) is 3.02. The molecule has 1 aliphatic carbocycles. The van der Waals surface area contributed by atoms with Gasteiger partial charge >= 0.3 is 0 Å². The molecule has 92 valence electrons. The van der Waals surface area contributed by atoms with Crippen LogP contribution in [0.1, 0.15) is 66.2 Å². The zero-order valence-electron chi connectivity index (χ0n) is 11.6. The molecule has 0 amide bonds. The molecule has 2 atom stereocenters. The molecular formula is C16H28.